The molecular weight excluding hydrogens is 138 g/mol. The van der Waals surface area contributed by atoms with Crippen molar-refractivity contribution in [2.75, 3.05) is 20.7 Å². The Hall–Kier alpha value is -0.340. The number of aliphatic hydroxyl groups excluding tert-OH is 1. The van der Waals surface area contributed by atoms with E-state index in [0.717, 1.165) is 10.9 Å². The molecule has 0 aromatic carbocycles. The standard InChI is InChI=1S/C9H18NO/c1-8-5-4-6-9(7-11)10(8,2)3/h4-5,8-9,11H,6-7H2,1-3H3/q+1/t8-,9-/m0/s1. The van der Waals surface area contributed by atoms with E-state index in [1.807, 2.05) is 0 Å². The summed E-state index contributed by atoms with van der Waals surface area (Å²) in [5.74, 6) is 0. The van der Waals surface area contributed by atoms with E-state index >= 15 is 0 Å². The normalized spacial score (nSPS) is 35.6. The van der Waals surface area contributed by atoms with Crippen molar-refractivity contribution in [2.45, 2.75) is 25.4 Å². The number of hydrogen-bond acceptors (Lipinski definition) is 1. The molecule has 1 aliphatic rings. The highest BCUT2D eigenvalue weighted by molar-refractivity contribution is 4.94. The van der Waals surface area contributed by atoms with E-state index in [-0.39, 0.29) is 0 Å². The summed E-state index contributed by atoms with van der Waals surface area (Å²) in [6.45, 7) is 2.49. The summed E-state index contributed by atoms with van der Waals surface area (Å²) in [7, 11) is 4.35. The summed E-state index contributed by atoms with van der Waals surface area (Å²) in [5.41, 5.74) is 0. The lowest BCUT2D eigenvalue weighted by Gasteiger charge is -2.43. The van der Waals surface area contributed by atoms with E-state index in [0.29, 0.717) is 18.7 Å². The molecule has 1 N–H and O–H groups in total. The first-order valence-electron chi connectivity index (χ1n) is 4.20. The molecule has 1 aliphatic heterocycles. The van der Waals surface area contributed by atoms with E-state index in [2.05, 4.69) is 33.2 Å². The molecule has 0 saturated heterocycles. The lowest BCUT2D eigenvalue weighted by molar-refractivity contribution is -0.932. The van der Waals surface area contributed by atoms with E-state index in [9.17, 15) is 0 Å². The van der Waals surface area contributed by atoms with Crippen LogP contribution in [0.5, 0.6) is 0 Å². The number of nitrogens with zero attached hydrogens (tertiary/aromatic N) is 1. The summed E-state index contributed by atoms with van der Waals surface area (Å²) >= 11 is 0. The van der Waals surface area contributed by atoms with Gasteiger partial charge in [-0.3, -0.25) is 0 Å². The predicted molar refractivity (Wildman–Crippen MR) is 46.2 cm³/mol. The second kappa shape index (κ2) is 2.95. The van der Waals surface area contributed by atoms with E-state index in [1.54, 1.807) is 0 Å². The molecule has 1 rings (SSSR count). The van der Waals surface area contributed by atoms with Gasteiger partial charge in [-0.2, -0.15) is 0 Å². The minimum absolute atomic E-state index is 0.293. The highest BCUT2D eigenvalue weighted by atomic mass is 16.3. The van der Waals surface area contributed by atoms with Crippen LogP contribution in [0.15, 0.2) is 12.2 Å². The van der Waals surface area contributed by atoms with Crippen molar-refractivity contribution >= 4 is 0 Å². The zero-order chi connectivity index (χ0) is 8.48. The third-order valence-corrected chi connectivity index (χ3v) is 3.02. The zero-order valence-electron chi connectivity index (χ0n) is 7.62. The number of quaternary nitrogens is 1. The maximum absolute atomic E-state index is 9.09. The van der Waals surface area contributed by atoms with Crippen molar-refractivity contribution in [3.8, 4) is 0 Å². The van der Waals surface area contributed by atoms with Gasteiger partial charge in [0.25, 0.3) is 0 Å². The van der Waals surface area contributed by atoms with E-state index < -0.39 is 0 Å². The molecule has 0 aromatic rings. The molecule has 0 saturated carbocycles. The van der Waals surface area contributed by atoms with Gasteiger partial charge in [-0.1, -0.05) is 6.08 Å². The molecule has 0 aromatic heterocycles. The smallest absolute Gasteiger partial charge is 0.116 e. The van der Waals surface area contributed by atoms with Crippen LogP contribution >= 0.6 is 0 Å². The largest absolute Gasteiger partial charge is 0.390 e. The third-order valence-electron chi connectivity index (χ3n) is 3.02. The van der Waals surface area contributed by atoms with Crippen molar-refractivity contribution in [3.63, 3.8) is 0 Å². The predicted octanol–water partition coefficient (Wildman–Crippen LogP) is 0.772. The monoisotopic (exact) mass is 156 g/mol. The van der Waals surface area contributed by atoms with Crippen LogP contribution in [0.3, 0.4) is 0 Å². The molecule has 2 heteroatoms. The molecule has 0 unspecified atom stereocenters. The number of rotatable bonds is 1. The van der Waals surface area contributed by atoms with Gasteiger partial charge in [0.2, 0.25) is 0 Å². The van der Waals surface area contributed by atoms with Crippen LogP contribution in [0.1, 0.15) is 13.3 Å². The molecule has 0 radical (unpaired) electrons. The summed E-state index contributed by atoms with van der Waals surface area (Å²) < 4.78 is 0.910. The van der Waals surface area contributed by atoms with Crippen LogP contribution in [0.4, 0.5) is 0 Å². The van der Waals surface area contributed by atoms with Gasteiger partial charge >= 0.3 is 0 Å². The Bertz CT molecular complexity index is 163. The van der Waals surface area contributed by atoms with Gasteiger partial charge in [-0.25, -0.2) is 0 Å². The maximum atomic E-state index is 9.09. The molecule has 0 amide bonds. The van der Waals surface area contributed by atoms with Crippen LogP contribution < -0.4 is 0 Å². The van der Waals surface area contributed by atoms with Crippen molar-refractivity contribution in [1.29, 1.82) is 0 Å². The molecule has 2 nitrogen and oxygen atoms in total. The van der Waals surface area contributed by atoms with Gasteiger partial charge in [0.1, 0.15) is 12.1 Å². The quantitative estimate of drug-likeness (QED) is 0.439. The average Bonchev–Trinajstić information content (AvgIpc) is 1.95. The lowest BCUT2D eigenvalue weighted by Crippen LogP contribution is -2.56. The summed E-state index contributed by atoms with van der Waals surface area (Å²) in [6, 6.07) is 0.913. The highest BCUT2D eigenvalue weighted by Crippen LogP contribution is 2.21. The molecule has 0 bridgehead atoms. The Balaban J connectivity index is 2.77. The number of hydrogen-bond donors (Lipinski definition) is 1. The van der Waals surface area contributed by atoms with E-state index in [4.69, 9.17) is 5.11 Å². The Morgan fingerprint density at radius 3 is 2.64 bits per heavy atom. The molecule has 0 fully saturated rings. The first kappa shape index (κ1) is 8.75. The second-order valence-electron chi connectivity index (χ2n) is 3.87. The summed E-state index contributed by atoms with van der Waals surface area (Å²) in [4.78, 5) is 0. The summed E-state index contributed by atoms with van der Waals surface area (Å²) in [5, 5.41) is 9.09. The van der Waals surface area contributed by atoms with Gasteiger partial charge in [0.05, 0.1) is 20.7 Å². The lowest BCUT2D eigenvalue weighted by atomic mass is 10.0. The Labute approximate surface area is 68.7 Å². The molecule has 1 heterocycles. The minimum atomic E-state index is 0.293. The number of aliphatic hydroxyl groups is 1. The van der Waals surface area contributed by atoms with Crippen molar-refractivity contribution < 1.29 is 9.59 Å². The van der Waals surface area contributed by atoms with Crippen LogP contribution in [0.2, 0.25) is 0 Å². The van der Waals surface area contributed by atoms with Gasteiger partial charge in [0, 0.05) is 6.42 Å². The van der Waals surface area contributed by atoms with Crippen LogP contribution in [-0.4, -0.2) is 42.4 Å². The van der Waals surface area contributed by atoms with Gasteiger partial charge in [-0.15, -0.1) is 0 Å². The van der Waals surface area contributed by atoms with Crippen LogP contribution in [-0.2, 0) is 0 Å². The molecule has 11 heavy (non-hydrogen) atoms. The maximum Gasteiger partial charge on any atom is 0.116 e. The first-order chi connectivity index (χ1) is 5.09. The summed E-state index contributed by atoms with van der Waals surface area (Å²) in [6.07, 6.45) is 5.41. The molecular formula is C9H18NO+. The minimum Gasteiger partial charge on any atom is -0.390 e. The third kappa shape index (κ3) is 1.47. The zero-order valence-corrected chi connectivity index (χ0v) is 7.62. The Morgan fingerprint density at radius 2 is 2.18 bits per heavy atom. The molecule has 2 atom stereocenters. The fourth-order valence-electron chi connectivity index (χ4n) is 1.54. The topological polar surface area (TPSA) is 20.2 Å². The molecule has 0 aliphatic carbocycles. The highest BCUT2D eigenvalue weighted by Gasteiger charge is 2.33. The average molecular weight is 156 g/mol. The Morgan fingerprint density at radius 1 is 1.55 bits per heavy atom. The van der Waals surface area contributed by atoms with Gasteiger partial charge < -0.3 is 9.59 Å². The fourth-order valence-corrected chi connectivity index (χ4v) is 1.54. The fraction of sp³-hybridized carbons (Fsp3) is 0.778. The van der Waals surface area contributed by atoms with Crippen molar-refractivity contribution in [2.24, 2.45) is 0 Å². The number of likely N-dealkylation sites (N-methyl/N-ethyl adjacent to an activating group) is 1. The van der Waals surface area contributed by atoms with Crippen LogP contribution in [0.25, 0.3) is 0 Å². The van der Waals surface area contributed by atoms with Gasteiger partial charge in [-0.05, 0) is 13.0 Å². The second-order valence-corrected chi connectivity index (χ2v) is 3.87. The van der Waals surface area contributed by atoms with Crippen molar-refractivity contribution in [1.82, 2.24) is 0 Å². The van der Waals surface area contributed by atoms with E-state index in [1.165, 1.54) is 0 Å². The van der Waals surface area contributed by atoms with Crippen LogP contribution in [0, 0.1) is 0 Å². The molecule has 64 valence electrons. The first-order valence-corrected chi connectivity index (χ1v) is 4.20. The van der Waals surface area contributed by atoms with Gasteiger partial charge in [0.15, 0.2) is 0 Å². The molecule has 0 spiro atoms. The SMILES string of the molecule is C[C@H]1C=CC[C@@H](CO)[N+]1(C)C. The Kier molecular flexibility index (Phi) is 2.35. The van der Waals surface area contributed by atoms with Crippen molar-refractivity contribution in [3.05, 3.63) is 12.2 Å².